The Kier molecular flexibility index (Phi) is 12.6. The molecular weight excluding hydrogens is 1170 g/mol. The zero-order chi connectivity index (χ0) is 63.5. The minimum absolute atomic E-state index is 0.300. The summed E-state index contributed by atoms with van der Waals surface area (Å²) in [6.07, 6.45) is 5.93. The van der Waals surface area contributed by atoms with E-state index in [-0.39, 0.29) is 6.71 Å². The molecule has 0 aliphatic carbocycles. The van der Waals surface area contributed by atoms with Crippen molar-refractivity contribution in [1.82, 2.24) is 9.55 Å². The van der Waals surface area contributed by atoms with Crippen molar-refractivity contribution in [2.24, 2.45) is 5.73 Å². The first kappa shape index (κ1) is 55.0. The van der Waals surface area contributed by atoms with E-state index in [1.54, 1.807) is 0 Å². The van der Waals surface area contributed by atoms with E-state index in [1.807, 2.05) is 18.3 Å². The fourth-order valence-electron chi connectivity index (χ4n) is 15.6. The molecule has 19 rings (SSSR count). The number of nitrogens with two attached hydrogens (primary N) is 1. The molecule has 17 aromatic rings. The lowest BCUT2D eigenvalue weighted by Gasteiger charge is -2.46. The third-order valence-electron chi connectivity index (χ3n) is 19.9. The van der Waals surface area contributed by atoms with Crippen LogP contribution in [0.4, 0.5) is 28.4 Å². The van der Waals surface area contributed by atoms with Gasteiger partial charge >= 0.3 is 0 Å². The summed E-state index contributed by atoms with van der Waals surface area (Å²) in [5.41, 5.74) is 35.8. The van der Waals surface area contributed by atoms with Crippen LogP contribution >= 0.6 is 0 Å². The molecule has 0 spiro atoms. The number of nitrogens with zero attached hydrogens (tertiary/aromatic N) is 4. The summed E-state index contributed by atoms with van der Waals surface area (Å²) >= 11 is 0. The largest absolute Gasteiger partial charge is 0.456 e. The standard InChI is InChI=1S/C88H58BN5O2/c1-55(56-22-6-2-7-23-56)87(71(52-90)57-24-8-3-9-25-57)93-78-48-62(60-40-44-84-69(46-60)67-32-16-20-36-82(67)95-84)38-42-74(78)89-75-43-39-63(61-41-45-85-70(47-61)68-33-17-21-37-83(68)96-85)49-79(75)94(88-72(58-26-10-4-11-27-58)53-91-54-73(88)59-28-12-5-13-29-59)81-51-64(50-80(93)86(81)89)92-76-34-18-14-30-65(76)66-31-15-19-35-77(66)92/h2-54H,90H2,1H3/b71-52-,87-55-. The van der Waals surface area contributed by atoms with Gasteiger partial charge in [-0.05, 0) is 146 Å². The molecule has 13 aromatic carbocycles. The van der Waals surface area contributed by atoms with Gasteiger partial charge in [0, 0.05) is 90.4 Å². The third-order valence-corrected chi connectivity index (χ3v) is 19.9. The van der Waals surface area contributed by atoms with Crippen LogP contribution in [0, 0.1) is 0 Å². The van der Waals surface area contributed by atoms with Gasteiger partial charge < -0.3 is 28.9 Å². The summed E-state index contributed by atoms with van der Waals surface area (Å²) in [6, 6.07) is 110. The molecule has 2 aliphatic heterocycles. The van der Waals surface area contributed by atoms with Crippen LogP contribution in [0.1, 0.15) is 18.1 Å². The summed E-state index contributed by atoms with van der Waals surface area (Å²) < 4.78 is 15.4. The van der Waals surface area contributed by atoms with Crippen LogP contribution in [0.15, 0.2) is 336 Å². The minimum Gasteiger partial charge on any atom is -0.456 e. The first-order chi connectivity index (χ1) is 47.5. The van der Waals surface area contributed by atoms with Crippen molar-refractivity contribution in [3.63, 3.8) is 0 Å². The second kappa shape index (κ2) is 22.0. The molecule has 0 fully saturated rings. The van der Waals surface area contributed by atoms with Crippen molar-refractivity contribution in [3.05, 3.63) is 339 Å². The summed E-state index contributed by atoms with van der Waals surface area (Å²) in [4.78, 5) is 10.3. The number of aromatic nitrogens is 2. The quantitative estimate of drug-likeness (QED) is 0.109. The number of para-hydroxylation sites is 4. The Balaban J connectivity index is 0.986. The molecule has 8 heteroatoms. The molecule has 0 atom stereocenters. The normalized spacial score (nSPS) is 13.1. The maximum absolute atomic E-state index is 7.27. The average Bonchev–Trinajstić information content (AvgIpc) is 1.07. The lowest BCUT2D eigenvalue weighted by atomic mass is 9.33. The maximum atomic E-state index is 7.27. The van der Waals surface area contributed by atoms with Gasteiger partial charge in [-0.3, -0.25) is 4.98 Å². The molecule has 96 heavy (non-hydrogen) atoms. The van der Waals surface area contributed by atoms with E-state index in [9.17, 15) is 0 Å². The Bertz CT molecular complexity index is 5960. The summed E-state index contributed by atoms with van der Waals surface area (Å²) in [5, 5.41) is 6.65. The van der Waals surface area contributed by atoms with Gasteiger partial charge in [-0.1, -0.05) is 231 Å². The maximum Gasteiger partial charge on any atom is 0.252 e. The first-order valence-electron chi connectivity index (χ1n) is 32.7. The van der Waals surface area contributed by atoms with Crippen molar-refractivity contribution in [2.75, 3.05) is 9.80 Å². The van der Waals surface area contributed by atoms with Crippen molar-refractivity contribution in [1.29, 1.82) is 0 Å². The van der Waals surface area contributed by atoms with Crippen molar-refractivity contribution >= 4 is 128 Å². The number of benzene rings is 13. The van der Waals surface area contributed by atoms with Crippen molar-refractivity contribution < 1.29 is 8.83 Å². The van der Waals surface area contributed by atoms with Crippen LogP contribution in [0.5, 0.6) is 0 Å². The Morgan fingerprint density at radius 3 is 1.38 bits per heavy atom. The van der Waals surface area contributed by atoms with Crippen LogP contribution in [0.3, 0.4) is 0 Å². The molecule has 0 amide bonds. The predicted molar refractivity (Wildman–Crippen MR) is 400 cm³/mol. The minimum atomic E-state index is -0.300. The number of hydrogen-bond acceptors (Lipinski definition) is 6. The number of furan rings is 2. The van der Waals surface area contributed by atoms with Gasteiger partial charge in [0.15, 0.2) is 0 Å². The second-order valence-corrected chi connectivity index (χ2v) is 25.1. The molecule has 2 aliphatic rings. The molecule has 450 valence electrons. The fourth-order valence-corrected chi connectivity index (χ4v) is 15.6. The average molecular weight is 1230 g/mol. The Labute approximate surface area is 554 Å². The predicted octanol–water partition coefficient (Wildman–Crippen LogP) is 20.8. The molecular formula is C88H58BN5O2. The highest BCUT2D eigenvalue weighted by Crippen LogP contribution is 2.53. The molecule has 0 saturated carbocycles. The molecule has 0 bridgehead atoms. The summed E-state index contributed by atoms with van der Waals surface area (Å²) in [7, 11) is 0. The van der Waals surface area contributed by atoms with Gasteiger partial charge in [-0.25, -0.2) is 0 Å². The van der Waals surface area contributed by atoms with E-state index in [0.29, 0.717) is 0 Å². The topological polar surface area (TPSA) is 76.6 Å². The molecule has 2 N–H and O–H groups in total. The molecule has 0 radical (unpaired) electrons. The first-order valence-corrected chi connectivity index (χ1v) is 32.7. The van der Waals surface area contributed by atoms with Gasteiger partial charge in [0.1, 0.15) is 22.3 Å². The van der Waals surface area contributed by atoms with Crippen molar-refractivity contribution in [3.8, 4) is 50.2 Å². The van der Waals surface area contributed by atoms with Gasteiger partial charge in [-0.2, -0.15) is 0 Å². The number of hydrogen-bond donors (Lipinski definition) is 1. The van der Waals surface area contributed by atoms with Gasteiger partial charge in [0.2, 0.25) is 0 Å². The number of anilines is 5. The third kappa shape index (κ3) is 8.59. The highest BCUT2D eigenvalue weighted by Gasteiger charge is 2.46. The zero-order valence-electron chi connectivity index (χ0n) is 52.4. The molecule has 4 aromatic heterocycles. The van der Waals surface area contributed by atoms with E-state index in [0.717, 1.165) is 178 Å². The lowest BCUT2D eigenvalue weighted by molar-refractivity contribution is 0.668. The van der Waals surface area contributed by atoms with Gasteiger partial charge in [-0.15, -0.1) is 0 Å². The van der Waals surface area contributed by atoms with E-state index < -0.39 is 0 Å². The van der Waals surface area contributed by atoms with Crippen LogP contribution in [0.2, 0.25) is 0 Å². The molecule has 0 saturated heterocycles. The lowest BCUT2D eigenvalue weighted by Crippen LogP contribution is -2.62. The smallest absolute Gasteiger partial charge is 0.252 e. The zero-order valence-corrected chi connectivity index (χ0v) is 52.4. The van der Waals surface area contributed by atoms with Gasteiger partial charge in [0.05, 0.1) is 28.1 Å². The number of pyridine rings is 1. The highest BCUT2D eigenvalue weighted by molar-refractivity contribution is 7.00. The number of allylic oxidation sites excluding steroid dienone is 2. The summed E-state index contributed by atoms with van der Waals surface area (Å²) in [6.45, 7) is 1.96. The molecule has 6 heterocycles. The Morgan fingerprint density at radius 1 is 0.385 bits per heavy atom. The molecule has 0 unspecified atom stereocenters. The highest BCUT2D eigenvalue weighted by atomic mass is 16.3. The van der Waals surface area contributed by atoms with E-state index in [1.165, 1.54) is 10.8 Å². The number of rotatable bonds is 10. The Morgan fingerprint density at radius 2 is 0.823 bits per heavy atom. The van der Waals surface area contributed by atoms with E-state index in [2.05, 4.69) is 325 Å². The van der Waals surface area contributed by atoms with E-state index >= 15 is 0 Å². The monoisotopic (exact) mass is 1230 g/mol. The summed E-state index contributed by atoms with van der Waals surface area (Å²) in [5.74, 6) is 0. The van der Waals surface area contributed by atoms with E-state index in [4.69, 9.17) is 19.6 Å². The van der Waals surface area contributed by atoms with Gasteiger partial charge in [0.25, 0.3) is 6.71 Å². The SMILES string of the molecule is C/C(=C(\C(=C/N)c1ccccc1)N1c2cc(-c3ccc4oc5ccccc5c4c3)ccc2B2c3ccc(-c4ccc5oc6ccccc6c5c4)cc3N(c3c(-c4ccccc4)cncc3-c3ccccc3)c3cc(-n4c5ccccc5c5ccccc54)cc1c32)c1ccccc1. The number of fused-ring (bicyclic) bond motifs is 13. The van der Waals surface area contributed by atoms with Crippen LogP contribution in [-0.4, -0.2) is 16.3 Å². The fraction of sp³-hybridized carbons (Fsp3) is 0.0114. The second-order valence-electron chi connectivity index (χ2n) is 25.1. The molecule has 7 nitrogen and oxygen atoms in total. The van der Waals surface area contributed by atoms with Crippen molar-refractivity contribution in [2.45, 2.75) is 6.92 Å². The Hall–Kier alpha value is -12.6. The van der Waals surface area contributed by atoms with Crippen LogP contribution in [0.25, 0.3) is 127 Å². The van der Waals surface area contributed by atoms with Crippen LogP contribution < -0.4 is 31.9 Å². The van der Waals surface area contributed by atoms with Crippen LogP contribution in [-0.2, 0) is 0 Å².